The monoisotopic (exact) mass is 418 g/mol. The van der Waals surface area contributed by atoms with Crippen LogP contribution in [0.25, 0.3) is 0 Å². The van der Waals surface area contributed by atoms with Crippen LogP contribution in [-0.2, 0) is 38.1 Å². The molecule has 0 aromatic heterocycles. The summed E-state index contributed by atoms with van der Waals surface area (Å²) in [5.41, 5.74) is -0.687. The summed E-state index contributed by atoms with van der Waals surface area (Å²) < 4.78 is 19.9. The number of carboxylic acids is 2. The van der Waals surface area contributed by atoms with Gasteiger partial charge in [0.1, 0.15) is 0 Å². The second-order valence-electron chi connectivity index (χ2n) is 6.28. The molecule has 0 aliphatic heterocycles. The van der Waals surface area contributed by atoms with Crippen molar-refractivity contribution in [1.82, 2.24) is 0 Å². The number of ether oxygens (including phenoxy) is 4. The first-order valence-electron chi connectivity index (χ1n) is 9.16. The van der Waals surface area contributed by atoms with E-state index < -0.39 is 47.7 Å². The quantitative estimate of drug-likeness (QED) is 0.226. The average Bonchev–Trinajstić information content (AvgIpc) is 2.66. The first-order valence-corrected chi connectivity index (χ1v) is 9.16. The fourth-order valence-electron chi connectivity index (χ4n) is 2.61. The van der Waals surface area contributed by atoms with E-state index in [-0.39, 0.29) is 18.8 Å². The SMILES string of the molecule is COCCCOC(=O)C(C)C(=C(CC(=O)O)C(=O)O)C(C)C(=O)OCCCOC. The Balaban J connectivity index is 5.64. The van der Waals surface area contributed by atoms with Crippen LogP contribution in [0, 0.1) is 11.8 Å². The fourth-order valence-corrected chi connectivity index (χ4v) is 2.61. The van der Waals surface area contributed by atoms with Crippen molar-refractivity contribution in [1.29, 1.82) is 0 Å². The highest BCUT2D eigenvalue weighted by atomic mass is 16.5. The van der Waals surface area contributed by atoms with Crippen LogP contribution in [0.15, 0.2) is 11.1 Å². The van der Waals surface area contributed by atoms with Gasteiger partial charge >= 0.3 is 23.9 Å². The molecule has 166 valence electrons. The highest BCUT2D eigenvalue weighted by Gasteiger charge is 2.34. The zero-order valence-electron chi connectivity index (χ0n) is 17.3. The van der Waals surface area contributed by atoms with Gasteiger partial charge in [-0.3, -0.25) is 14.4 Å². The molecule has 10 heteroatoms. The van der Waals surface area contributed by atoms with Crippen LogP contribution in [0.2, 0.25) is 0 Å². The number of carbonyl (C=O) groups is 4. The lowest BCUT2D eigenvalue weighted by Crippen LogP contribution is -2.29. The second-order valence-corrected chi connectivity index (χ2v) is 6.28. The number of hydrogen-bond donors (Lipinski definition) is 2. The summed E-state index contributed by atoms with van der Waals surface area (Å²) in [6.07, 6.45) is 0.0191. The molecule has 0 fully saturated rings. The zero-order chi connectivity index (χ0) is 22.4. The molecular formula is C19H30O10. The fraction of sp³-hybridized carbons (Fsp3) is 0.684. The van der Waals surface area contributed by atoms with Crippen LogP contribution in [0.1, 0.15) is 33.1 Å². The first-order chi connectivity index (χ1) is 13.7. The molecule has 0 amide bonds. The number of esters is 2. The molecule has 0 rings (SSSR count). The van der Waals surface area contributed by atoms with Crippen molar-refractivity contribution in [2.75, 3.05) is 40.6 Å². The highest BCUT2D eigenvalue weighted by Crippen LogP contribution is 2.28. The molecule has 0 bridgehead atoms. The summed E-state index contributed by atoms with van der Waals surface area (Å²) in [5, 5.41) is 18.6. The predicted octanol–water partition coefficient (Wildman–Crippen LogP) is 1.27. The van der Waals surface area contributed by atoms with Crippen molar-refractivity contribution >= 4 is 23.9 Å². The van der Waals surface area contributed by atoms with Crippen molar-refractivity contribution in [3.63, 3.8) is 0 Å². The van der Waals surface area contributed by atoms with E-state index in [1.807, 2.05) is 0 Å². The number of methoxy groups -OCH3 is 2. The van der Waals surface area contributed by atoms with Crippen molar-refractivity contribution in [2.24, 2.45) is 11.8 Å². The van der Waals surface area contributed by atoms with Gasteiger partial charge in [-0.05, 0) is 19.4 Å². The molecule has 0 aliphatic rings. The third-order valence-electron chi connectivity index (χ3n) is 4.05. The van der Waals surface area contributed by atoms with E-state index in [2.05, 4.69) is 0 Å². The minimum absolute atomic E-state index is 0.0431. The largest absolute Gasteiger partial charge is 0.481 e. The maximum Gasteiger partial charge on any atom is 0.332 e. The van der Waals surface area contributed by atoms with Gasteiger partial charge in [0.25, 0.3) is 0 Å². The summed E-state index contributed by atoms with van der Waals surface area (Å²) in [4.78, 5) is 47.6. The smallest absolute Gasteiger partial charge is 0.332 e. The molecule has 0 saturated carbocycles. The minimum atomic E-state index is -1.53. The van der Waals surface area contributed by atoms with Gasteiger partial charge < -0.3 is 29.2 Å². The van der Waals surface area contributed by atoms with E-state index in [0.717, 1.165) is 0 Å². The van der Waals surface area contributed by atoms with Gasteiger partial charge in [0.05, 0.1) is 31.5 Å². The Kier molecular flexibility index (Phi) is 13.3. The molecule has 0 saturated heterocycles. The van der Waals surface area contributed by atoms with Gasteiger partial charge in [0.2, 0.25) is 0 Å². The van der Waals surface area contributed by atoms with Crippen LogP contribution >= 0.6 is 0 Å². The normalized spacial score (nSPS) is 12.6. The van der Waals surface area contributed by atoms with Gasteiger partial charge in [0.15, 0.2) is 0 Å². The maximum atomic E-state index is 12.4. The van der Waals surface area contributed by atoms with Gasteiger partial charge in [-0.15, -0.1) is 0 Å². The first kappa shape index (κ1) is 26.5. The van der Waals surface area contributed by atoms with Gasteiger partial charge in [0, 0.05) is 45.8 Å². The highest BCUT2D eigenvalue weighted by molar-refractivity contribution is 5.96. The molecule has 0 aromatic carbocycles. The second kappa shape index (κ2) is 14.5. The number of hydrogen-bond acceptors (Lipinski definition) is 8. The Morgan fingerprint density at radius 3 is 1.48 bits per heavy atom. The Morgan fingerprint density at radius 2 is 1.17 bits per heavy atom. The lowest BCUT2D eigenvalue weighted by atomic mass is 9.84. The lowest BCUT2D eigenvalue weighted by Gasteiger charge is -2.22. The molecular weight excluding hydrogens is 388 g/mol. The van der Waals surface area contributed by atoms with Crippen molar-refractivity contribution < 1.29 is 48.3 Å². The van der Waals surface area contributed by atoms with Crippen LogP contribution in [-0.4, -0.2) is 74.7 Å². The van der Waals surface area contributed by atoms with E-state index in [4.69, 9.17) is 24.1 Å². The van der Waals surface area contributed by atoms with Crippen molar-refractivity contribution in [2.45, 2.75) is 33.1 Å². The van der Waals surface area contributed by atoms with Crippen LogP contribution in [0.3, 0.4) is 0 Å². The molecule has 29 heavy (non-hydrogen) atoms. The molecule has 0 heterocycles. The maximum absolute atomic E-state index is 12.4. The summed E-state index contributed by atoms with van der Waals surface area (Å²) in [5.74, 6) is -6.76. The molecule has 0 radical (unpaired) electrons. The third kappa shape index (κ3) is 10.0. The molecule has 2 unspecified atom stereocenters. The van der Waals surface area contributed by atoms with Crippen LogP contribution < -0.4 is 0 Å². The molecule has 0 spiro atoms. The van der Waals surface area contributed by atoms with E-state index in [9.17, 15) is 24.3 Å². The number of carboxylic acid groups (broad SMARTS) is 2. The number of rotatable bonds is 15. The number of aliphatic carboxylic acids is 2. The molecule has 10 nitrogen and oxygen atoms in total. The van der Waals surface area contributed by atoms with Gasteiger partial charge in [-0.2, -0.15) is 0 Å². The lowest BCUT2D eigenvalue weighted by molar-refractivity contribution is -0.149. The Bertz CT molecular complexity index is 564. The van der Waals surface area contributed by atoms with E-state index in [1.54, 1.807) is 0 Å². The Hall–Kier alpha value is -2.46. The van der Waals surface area contributed by atoms with Crippen molar-refractivity contribution in [3.8, 4) is 0 Å². The standard InChI is InChI=1S/C19H30O10/c1-12(18(24)28-9-5-7-26-3)16(14(17(22)23)11-15(20)21)13(2)19(25)29-10-6-8-27-4/h12-13H,5-11H2,1-4H3,(H,20,21)(H,22,23). The topological polar surface area (TPSA) is 146 Å². The summed E-state index contributed by atoms with van der Waals surface area (Å²) in [6.45, 7) is 3.56. The van der Waals surface area contributed by atoms with E-state index >= 15 is 0 Å². The molecule has 2 atom stereocenters. The Labute approximate surface area is 169 Å². The predicted molar refractivity (Wildman–Crippen MR) is 100 cm³/mol. The average molecular weight is 418 g/mol. The van der Waals surface area contributed by atoms with E-state index in [0.29, 0.717) is 26.1 Å². The van der Waals surface area contributed by atoms with Crippen LogP contribution in [0.4, 0.5) is 0 Å². The van der Waals surface area contributed by atoms with E-state index in [1.165, 1.54) is 28.1 Å². The zero-order valence-corrected chi connectivity index (χ0v) is 17.3. The minimum Gasteiger partial charge on any atom is -0.481 e. The summed E-state index contributed by atoms with van der Waals surface area (Å²) in [6, 6.07) is 0. The van der Waals surface area contributed by atoms with Crippen molar-refractivity contribution in [3.05, 3.63) is 11.1 Å². The van der Waals surface area contributed by atoms with Gasteiger partial charge in [-0.1, -0.05) is 0 Å². The van der Waals surface area contributed by atoms with Gasteiger partial charge in [-0.25, -0.2) is 4.79 Å². The summed E-state index contributed by atoms with van der Waals surface area (Å²) in [7, 11) is 2.99. The third-order valence-corrected chi connectivity index (χ3v) is 4.05. The van der Waals surface area contributed by atoms with Crippen LogP contribution in [0.5, 0.6) is 0 Å². The molecule has 0 aromatic rings. The molecule has 2 N–H and O–H groups in total. The summed E-state index contributed by atoms with van der Waals surface area (Å²) >= 11 is 0. The number of carbonyl (C=O) groups excluding carboxylic acids is 2. The molecule has 0 aliphatic carbocycles. The Morgan fingerprint density at radius 1 is 0.759 bits per heavy atom.